The number of amides is 2. The number of phenolic OH excluding ortho intramolecular Hbond substituents is 2. The van der Waals surface area contributed by atoms with Crippen molar-refractivity contribution < 1.29 is 19.8 Å². The van der Waals surface area contributed by atoms with Crippen LogP contribution in [0, 0.1) is 5.41 Å². The van der Waals surface area contributed by atoms with Crippen LogP contribution in [0.3, 0.4) is 0 Å². The van der Waals surface area contributed by atoms with Gasteiger partial charge < -0.3 is 20.4 Å². The number of rotatable bonds is 2. The normalized spacial score (nSPS) is 16.2. The van der Waals surface area contributed by atoms with Gasteiger partial charge in [-0.2, -0.15) is 0 Å². The summed E-state index contributed by atoms with van der Waals surface area (Å²) >= 11 is 0. The number of nitrogens with one attached hydrogen (secondary N) is 1. The van der Waals surface area contributed by atoms with Gasteiger partial charge in [0.2, 0.25) is 5.91 Å². The van der Waals surface area contributed by atoms with Crippen molar-refractivity contribution in [3.63, 3.8) is 0 Å². The van der Waals surface area contributed by atoms with Crippen LogP contribution in [0.5, 0.6) is 11.5 Å². The third-order valence-electron chi connectivity index (χ3n) is 3.95. The Hall–Kier alpha value is -2.24. The molecular weight excluding hydrogens is 296 g/mol. The lowest BCUT2D eigenvalue weighted by Crippen LogP contribution is -2.49. The van der Waals surface area contributed by atoms with E-state index in [1.165, 1.54) is 18.2 Å². The lowest BCUT2D eigenvalue weighted by Gasteiger charge is -2.33. The van der Waals surface area contributed by atoms with Crippen molar-refractivity contribution in [2.75, 3.05) is 13.1 Å². The molecule has 0 saturated carbocycles. The second kappa shape index (κ2) is 6.48. The fraction of sp³-hybridized carbons (Fsp3) is 0.529. The van der Waals surface area contributed by atoms with Crippen LogP contribution in [-0.4, -0.2) is 46.1 Å². The van der Waals surface area contributed by atoms with E-state index in [1.807, 2.05) is 20.8 Å². The highest BCUT2D eigenvalue weighted by Gasteiger charge is 2.28. The van der Waals surface area contributed by atoms with E-state index in [0.29, 0.717) is 25.9 Å². The average molecular weight is 320 g/mol. The van der Waals surface area contributed by atoms with E-state index in [4.69, 9.17) is 0 Å². The average Bonchev–Trinajstić information content (AvgIpc) is 2.45. The minimum Gasteiger partial charge on any atom is -0.508 e. The molecule has 3 N–H and O–H groups in total. The molecule has 0 atom stereocenters. The second-order valence-corrected chi connectivity index (χ2v) is 7.03. The molecule has 0 aromatic heterocycles. The van der Waals surface area contributed by atoms with Gasteiger partial charge in [-0.05, 0) is 25.0 Å². The van der Waals surface area contributed by atoms with E-state index in [-0.39, 0.29) is 34.9 Å². The van der Waals surface area contributed by atoms with Gasteiger partial charge in [0.25, 0.3) is 5.91 Å². The number of likely N-dealkylation sites (tertiary alicyclic amines) is 1. The predicted octanol–water partition coefficient (Wildman–Crippen LogP) is 1.86. The Labute approximate surface area is 136 Å². The highest BCUT2D eigenvalue weighted by molar-refractivity contribution is 5.95. The van der Waals surface area contributed by atoms with Crippen LogP contribution in [0.15, 0.2) is 18.2 Å². The molecule has 6 heteroatoms. The molecule has 0 aliphatic carbocycles. The summed E-state index contributed by atoms with van der Waals surface area (Å²) in [6, 6.07) is 3.94. The van der Waals surface area contributed by atoms with Crippen molar-refractivity contribution in [2.24, 2.45) is 5.41 Å². The van der Waals surface area contributed by atoms with Crippen molar-refractivity contribution in [3.05, 3.63) is 23.8 Å². The first-order valence-corrected chi connectivity index (χ1v) is 7.80. The van der Waals surface area contributed by atoms with Gasteiger partial charge >= 0.3 is 0 Å². The molecule has 1 fully saturated rings. The van der Waals surface area contributed by atoms with Crippen molar-refractivity contribution in [2.45, 2.75) is 39.7 Å². The van der Waals surface area contributed by atoms with Crippen LogP contribution >= 0.6 is 0 Å². The minimum absolute atomic E-state index is 0.0141. The fourth-order valence-electron chi connectivity index (χ4n) is 2.53. The smallest absolute Gasteiger partial charge is 0.254 e. The molecule has 0 bridgehead atoms. The SMILES string of the molecule is CC(C)(C)C(=O)NC1CCN(C(=O)c2cc(O)cc(O)c2)CC1. The molecule has 1 aromatic carbocycles. The number of hydrogen-bond donors (Lipinski definition) is 3. The van der Waals surface area contributed by atoms with E-state index in [1.54, 1.807) is 4.90 Å². The molecule has 2 amide bonds. The van der Waals surface area contributed by atoms with Crippen LogP contribution in [0.1, 0.15) is 44.0 Å². The maximum atomic E-state index is 12.4. The second-order valence-electron chi connectivity index (χ2n) is 7.03. The number of nitrogens with zero attached hydrogens (tertiary/aromatic N) is 1. The molecule has 1 heterocycles. The highest BCUT2D eigenvalue weighted by atomic mass is 16.3. The summed E-state index contributed by atoms with van der Waals surface area (Å²) in [5.74, 6) is -0.488. The number of benzene rings is 1. The first kappa shape index (κ1) is 17.1. The standard InChI is InChI=1S/C17H24N2O4/c1-17(2,3)16(23)18-12-4-6-19(7-5-12)15(22)11-8-13(20)10-14(21)9-11/h8-10,12,20-21H,4-7H2,1-3H3,(H,18,23). The number of piperidine rings is 1. The largest absolute Gasteiger partial charge is 0.508 e. The Bertz CT molecular complexity index is 579. The van der Waals surface area contributed by atoms with Crippen molar-refractivity contribution >= 4 is 11.8 Å². The number of carbonyl (C=O) groups is 2. The summed E-state index contributed by atoms with van der Waals surface area (Å²) in [6.45, 7) is 6.68. The number of hydrogen-bond acceptors (Lipinski definition) is 4. The Kier molecular flexibility index (Phi) is 4.82. The minimum atomic E-state index is -0.425. The van der Waals surface area contributed by atoms with Gasteiger partial charge in [0.1, 0.15) is 11.5 Å². The van der Waals surface area contributed by atoms with Crippen molar-refractivity contribution in [3.8, 4) is 11.5 Å². The third-order valence-corrected chi connectivity index (χ3v) is 3.95. The number of carbonyl (C=O) groups excluding carboxylic acids is 2. The van der Waals surface area contributed by atoms with Crippen LogP contribution < -0.4 is 5.32 Å². The third kappa shape index (κ3) is 4.37. The van der Waals surface area contributed by atoms with Gasteiger partial charge in [-0.25, -0.2) is 0 Å². The fourth-order valence-corrected chi connectivity index (χ4v) is 2.53. The summed E-state index contributed by atoms with van der Waals surface area (Å²) < 4.78 is 0. The van der Waals surface area contributed by atoms with Crippen molar-refractivity contribution in [1.29, 1.82) is 0 Å². The molecule has 0 unspecified atom stereocenters. The molecule has 0 radical (unpaired) electrons. The number of phenols is 2. The van der Waals surface area contributed by atoms with Crippen LogP contribution in [-0.2, 0) is 4.79 Å². The molecule has 126 valence electrons. The monoisotopic (exact) mass is 320 g/mol. The van der Waals surface area contributed by atoms with E-state index in [0.717, 1.165) is 0 Å². The number of aromatic hydroxyl groups is 2. The highest BCUT2D eigenvalue weighted by Crippen LogP contribution is 2.23. The molecule has 0 spiro atoms. The topological polar surface area (TPSA) is 89.9 Å². The van der Waals surface area contributed by atoms with Crippen LogP contribution in [0.4, 0.5) is 0 Å². The zero-order chi connectivity index (χ0) is 17.2. The van der Waals surface area contributed by atoms with Gasteiger partial charge in [0, 0.05) is 36.2 Å². The lowest BCUT2D eigenvalue weighted by atomic mass is 9.94. The molecule has 1 aliphatic heterocycles. The quantitative estimate of drug-likeness (QED) is 0.776. The van der Waals surface area contributed by atoms with Crippen LogP contribution in [0.25, 0.3) is 0 Å². The molecular formula is C17H24N2O4. The van der Waals surface area contributed by atoms with E-state index >= 15 is 0 Å². The first-order valence-electron chi connectivity index (χ1n) is 7.80. The molecule has 23 heavy (non-hydrogen) atoms. The molecule has 6 nitrogen and oxygen atoms in total. The molecule has 1 aromatic rings. The maximum Gasteiger partial charge on any atom is 0.254 e. The van der Waals surface area contributed by atoms with E-state index < -0.39 is 5.41 Å². The summed E-state index contributed by atoms with van der Waals surface area (Å²) in [5.41, 5.74) is -0.161. The zero-order valence-electron chi connectivity index (χ0n) is 13.8. The summed E-state index contributed by atoms with van der Waals surface area (Å²) in [5, 5.41) is 22.0. The maximum absolute atomic E-state index is 12.4. The Balaban J connectivity index is 1.94. The van der Waals surface area contributed by atoms with Gasteiger partial charge in [0.15, 0.2) is 0 Å². The summed E-state index contributed by atoms with van der Waals surface area (Å²) in [7, 11) is 0. The Morgan fingerprint density at radius 1 is 1.09 bits per heavy atom. The Morgan fingerprint density at radius 2 is 1.61 bits per heavy atom. The molecule has 2 rings (SSSR count). The molecule has 1 aliphatic rings. The van der Waals surface area contributed by atoms with E-state index in [2.05, 4.69) is 5.32 Å². The van der Waals surface area contributed by atoms with Gasteiger partial charge in [-0.3, -0.25) is 9.59 Å². The predicted molar refractivity (Wildman–Crippen MR) is 86.3 cm³/mol. The summed E-state index contributed by atoms with van der Waals surface area (Å²) in [4.78, 5) is 26.1. The van der Waals surface area contributed by atoms with Crippen LogP contribution in [0.2, 0.25) is 0 Å². The lowest BCUT2D eigenvalue weighted by molar-refractivity contribution is -0.129. The first-order chi connectivity index (χ1) is 10.7. The van der Waals surface area contributed by atoms with Crippen molar-refractivity contribution in [1.82, 2.24) is 10.2 Å². The van der Waals surface area contributed by atoms with Gasteiger partial charge in [0.05, 0.1) is 0 Å². The summed E-state index contributed by atoms with van der Waals surface area (Å²) in [6.07, 6.45) is 1.39. The zero-order valence-corrected chi connectivity index (χ0v) is 13.8. The van der Waals surface area contributed by atoms with E-state index in [9.17, 15) is 19.8 Å². The molecule has 1 saturated heterocycles. The van der Waals surface area contributed by atoms with Gasteiger partial charge in [-0.15, -0.1) is 0 Å². The Morgan fingerprint density at radius 3 is 2.09 bits per heavy atom. The van der Waals surface area contributed by atoms with Gasteiger partial charge in [-0.1, -0.05) is 20.8 Å².